The molecule has 0 heterocycles. The van der Waals surface area contributed by atoms with Gasteiger partial charge in [-0.2, -0.15) is 0 Å². The fourth-order valence-corrected chi connectivity index (χ4v) is 2.96. The summed E-state index contributed by atoms with van der Waals surface area (Å²) in [4.78, 5) is 24.4. The topological polar surface area (TPSA) is 55.4 Å². The monoisotopic (exact) mass is 297 g/mol. The number of carbonyl (C=O) groups is 2. The molecule has 1 rings (SSSR count). The van der Waals surface area contributed by atoms with Crippen LogP contribution in [-0.2, 0) is 14.3 Å². The van der Waals surface area contributed by atoms with E-state index in [0.717, 1.165) is 5.92 Å². The molecule has 1 aliphatic rings. The van der Waals surface area contributed by atoms with Crippen molar-refractivity contribution in [3.63, 3.8) is 0 Å². The smallest absolute Gasteiger partial charge is 0.319 e. The molecular formula is C17H31NO3. The zero-order chi connectivity index (χ0) is 16.0. The highest BCUT2D eigenvalue weighted by Crippen LogP contribution is 2.29. The molecule has 122 valence electrons. The van der Waals surface area contributed by atoms with Gasteiger partial charge in [-0.05, 0) is 37.0 Å². The normalized spacial score (nSPS) is 24.2. The van der Waals surface area contributed by atoms with Crippen LogP contribution >= 0.6 is 0 Å². The van der Waals surface area contributed by atoms with Crippen molar-refractivity contribution in [2.24, 2.45) is 23.2 Å². The maximum atomic E-state index is 12.4. The minimum atomic E-state index is -0.736. The average Bonchev–Trinajstić information content (AvgIpc) is 2.37. The first kappa shape index (κ1) is 18.0. The van der Waals surface area contributed by atoms with Gasteiger partial charge < -0.3 is 10.1 Å². The Labute approximate surface area is 129 Å². The number of esters is 1. The molecule has 0 radical (unpaired) electrons. The van der Waals surface area contributed by atoms with Crippen molar-refractivity contribution in [1.29, 1.82) is 0 Å². The van der Waals surface area contributed by atoms with Crippen molar-refractivity contribution in [2.45, 2.75) is 60.3 Å². The van der Waals surface area contributed by atoms with Gasteiger partial charge in [0.2, 0.25) is 5.91 Å². The fraction of sp³-hybridized carbons (Fsp3) is 0.882. The Morgan fingerprint density at radius 3 is 2.24 bits per heavy atom. The fourth-order valence-electron chi connectivity index (χ4n) is 2.96. The minimum Gasteiger partial charge on any atom is -0.465 e. The van der Waals surface area contributed by atoms with E-state index < -0.39 is 17.3 Å². The van der Waals surface area contributed by atoms with E-state index in [1.807, 2.05) is 20.8 Å². The lowest BCUT2D eigenvalue weighted by Crippen LogP contribution is -2.45. The van der Waals surface area contributed by atoms with E-state index in [4.69, 9.17) is 4.74 Å². The maximum absolute atomic E-state index is 12.4. The van der Waals surface area contributed by atoms with E-state index in [-0.39, 0.29) is 5.91 Å². The van der Waals surface area contributed by atoms with Crippen LogP contribution in [0.4, 0.5) is 0 Å². The van der Waals surface area contributed by atoms with E-state index in [2.05, 4.69) is 12.2 Å². The summed E-state index contributed by atoms with van der Waals surface area (Å²) in [6.45, 7) is 10.7. The van der Waals surface area contributed by atoms with Gasteiger partial charge in [0.25, 0.3) is 0 Å². The molecule has 0 saturated heterocycles. The molecule has 1 aliphatic carbocycles. The third-order valence-electron chi connectivity index (χ3n) is 4.35. The molecule has 4 heteroatoms. The number of rotatable bonds is 5. The Morgan fingerprint density at radius 2 is 1.76 bits per heavy atom. The van der Waals surface area contributed by atoms with Crippen molar-refractivity contribution in [2.75, 3.05) is 13.2 Å². The lowest BCUT2D eigenvalue weighted by molar-refractivity contribution is -0.156. The van der Waals surface area contributed by atoms with E-state index in [0.29, 0.717) is 19.1 Å². The Kier molecular flexibility index (Phi) is 6.69. The van der Waals surface area contributed by atoms with Crippen LogP contribution in [0.25, 0.3) is 0 Å². The summed E-state index contributed by atoms with van der Waals surface area (Å²) in [5.74, 6) is 0.00562. The van der Waals surface area contributed by atoms with Crippen molar-refractivity contribution >= 4 is 11.9 Å². The molecule has 1 saturated carbocycles. The van der Waals surface area contributed by atoms with Gasteiger partial charge in [-0.1, -0.05) is 40.5 Å². The molecule has 0 aliphatic heterocycles. The van der Waals surface area contributed by atoms with Crippen LogP contribution in [0.1, 0.15) is 60.3 Å². The predicted molar refractivity (Wildman–Crippen MR) is 83.7 cm³/mol. The van der Waals surface area contributed by atoms with Crippen LogP contribution in [-0.4, -0.2) is 25.0 Å². The van der Waals surface area contributed by atoms with Crippen molar-refractivity contribution in [1.82, 2.24) is 5.32 Å². The van der Waals surface area contributed by atoms with Crippen molar-refractivity contribution in [3.05, 3.63) is 0 Å². The molecule has 0 aromatic heterocycles. The van der Waals surface area contributed by atoms with Gasteiger partial charge in [-0.25, -0.2) is 0 Å². The zero-order valence-corrected chi connectivity index (χ0v) is 14.2. The first-order valence-electron chi connectivity index (χ1n) is 8.20. The van der Waals surface area contributed by atoms with Crippen molar-refractivity contribution < 1.29 is 14.3 Å². The maximum Gasteiger partial charge on any atom is 0.319 e. The number of hydrogen-bond acceptors (Lipinski definition) is 3. The highest BCUT2D eigenvalue weighted by atomic mass is 16.5. The average molecular weight is 297 g/mol. The van der Waals surface area contributed by atoms with Gasteiger partial charge in [-0.15, -0.1) is 0 Å². The number of amides is 1. The number of hydrogen-bond donors (Lipinski definition) is 1. The summed E-state index contributed by atoms with van der Waals surface area (Å²) >= 11 is 0. The van der Waals surface area contributed by atoms with Crippen LogP contribution in [0.15, 0.2) is 0 Å². The standard InChI is InChI=1S/C17H31NO3/c1-6-21-16(20)14(17(3,4)5)15(19)18-11-13-9-7-12(2)8-10-13/h12-14H,6-11H2,1-5H3,(H,18,19). The molecule has 1 atom stereocenters. The first-order valence-corrected chi connectivity index (χ1v) is 8.20. The second-order valence-electron chi connectivity index (χ2n) is 7.42. The van der Waals surface area contributed by atoms with Crippen LogP contribution < -0.4 is 5.32 Å². The highest BCUT2D eigenvalue weighted by molar-refractivity contribution is 5.98. The first-order chi connectivity index (χ1) is 9.75. The Balaban J connectivity index is 2.55. The number of ether oxygens (including phenoxy) is 1. The van der Waals surface area contributed by atoms with E-state index >= 15 is 0 Å². The van der Waals surface area contributed by atoms with Gasteiger partial charge in [-0.3, -0.25) is 9.59 Å². The summed E-state index contributed by atoms with van der Waals surface area (Å²) < 4.78 is 5.06. The van der Waals surface area contributed by atoms with Gasteiger partial charge >= 0.3 is 5.97 Å². The second-order valence-corrected chi connectivity index (χ2v) is 7.42. The third-order valence-corrected chi connectivity index (χ3v) is 4.35. The van der Waals surface area contributed by atoms with Crippen molar-refractivity contribution in [3.8, 4) is 0 Å². The van der Waals surface area contributed by atoms with E-state index in [1.165, 1.54) is 25.7 Å². The van der Waals surface area contributed by atoms with Gasteiger partial charge in [0, 0.05) is 6.54 Å². The lowest BCUT2D eigenvalue weighted by atomic mass is 9.79. The molecule has 1 amide bonds. The molecule has 21 heavy (non-hydrogen) atoms. The molecule has 1 N–H and O–H groups in total. The molecule has 0 aromatic carbocycles. The van der Waals surface area contributed by atoms with E-state index in [1.54, 1.807) is 6.92 Å². The Bertz CT molecular complexity index is 352. The predicted octanol–water partition coefficient (Wildman–Crippen LogP) is 3.15. The molecule has 0 spiro atoms. The van der Waals surface area contributed by atoms with Gasteiger partial charge in [0.05, 0.1) is 6.61 Å². The lowest BCUT2D eigenvalue weighted by Gasteiger charge is -2.30. The summed E-state index contributed by atoms with van der Waals surface area (Å²) in [5.41, 5.74) is -0.433. The summed E-state index contributed by atoms with van der Waals surface area (Å²) in [6.07, 6.45) is 4.81. The molecule has 0 bridgehead atoms. The van der Waals surface area contributed by atoms with Crippen LogP contribution in [0, 0.1) is 23.2 Å². The van der Waals surface area contributed by atoms with E-state index in [9.17, 15) is 9.59 Å². The Hall–Kier alpha value is -1.06. The largest absolute Gasteiger partial charge is 0.465 e. The van der Waals surface area contributed by atoms with Gasteiger partial charge in [0.1, 0.15) is 5.92 Å². The molecule has 1 unspecified atom stereocenters. The molecular weight excluding hydrogens is 266 g/mol. The number of nitrogens with one attached hydrogen (secondary N) is 1. The molecule has 4 nitrogen and oxygen atoms in total. The zero-order valence-electron chi connectivity index (χ0n) is 14.2. The number of carbonyl (C=O) groups excluding carboxylic acids is 2. The highest BCUT2D eigenvalue weighted by Gasteiger charge is 2.39. The minimum absolute atomic E-state index is 0.195. The summed E-state index contributed by atoms with van der Waals surface area (Å²) in [6, 6.07) is 0. The SMILES string of the molecule is CCOC(=O)C(C(=O)NCC1CCC(C)CC1)C(C)(C)C. The summed E-state index contributed by atoms with van der Waals surface area (Å²) in [5, 5.41) is 2.97. The quantitative estimate of drug-likeness (QED) is 0.626. The second kappa shape index (κ2) is 7.81. The van der Waals surface area contributed by atoms with Crippen LogP contribution in [0.5, 0.6) is 0 Å². The third kappa shape index (κ3) is 5.68. The Morgan fingerprint density at radius 1 is 1.19 bits per heavy atom. The summed E-state index contributed by atoms with van der Waals surface area (Å²) in [7, 11) is 0. The van der Waals surface area contributed by atoms with Crippen LogP contribution in [0.2, 0.25) is 0 Å². The molecule has 0 aromatic rings. The van der Waals surface area contributed by atoms with Crippen LogP contribution in [0.3, 0.4) is 0 Å². The molecule has 1 fully saturated rings. The van der Waals surface area contributed by atoms with Gasteiger partial charge in [0.15, 0.2) is 0 Å².